The zero-order valence-corrected chi connectivity index (χ0v) is 13.6. The van der Waals surface area contributed by atoms with Crippen molar-refractivity contribution >= 4 is 0 Å². The second-order valence-electron chi connectivity index (χ2n) is 5.71. The lowest BCUT2D eigenvalue weighted by molar-refractivity contribution is -0.0778. The van der Waals surface area contributed by atoms with E-state index in [0.29, 0.717) is 34.3 Å². The van der Waals surface area contributed by atoms with E-state index in [2.05, 4.69) is 0 Å². The molecule has 0 aliphatic carbocycles. The molecule has 4 rings (SSSR count). The van der Waals surface area contributed by atoms with Gasteiger partial charge in [0.2, 0.25) is 0 Å². The van der Waals surface area contributed by atoms with Crippen molar-refractivity contribution < 1.29 is 28.8 Å². The van der Waals surface area contributed by atoms with E-state index >= 15 is 0 Å². The molecule has 0 radical (unpaired) electrons. The van der Waals surface area contributed by atoms with Gasteiger partial charge in [-0.25, -0.2) is 0 Å². The highest BCUT2D eigenvalue weighted by Crippen LogP contribution is 2.53. The van der Waals surface area contributed by atoms with Gasteiger partial charge < -0.3 is 28.8 Å². The lowest BCUT2D eigenvalue weighted by atomic mass is 9.88. The van der Waals surface area contributed by atoms with Crippen LogP contribution in [0, 0.1) is 0 Å². The maximum atomic E-state index is 10.7. The number of aliphatic hydroxyl groups excluding tert-OH is 1. The number of hydrogen-bond donors (Lipinski definition) is 1. The van der Waals surface area contributed by atoms with E-state index in [-0.39, 0.29) is 0 Å². The lowest BCUT2D eigenvalue weighted by Crippen LogP contribution is -2.41. The van der Waals surface area contributed by atoms with Crippen molar-refractivity contribution in [1.29, 1.82) is 0 Å². The Balaban J connectivity index is 1.85. The van der Waals surface area contributed by atoms with Crippen LogP contribution in [0.15, 0.2) is 30.3 Å². The first-order valence-corrected chi connectivity index (χ1v) is 7.61. The van der Waals surface area contributed by atoms with E-state index in [9.17, 15) is 5.11 Å². The van der Waals surface area contributed by atoms with E-state index < -0.39 is 18.3 Å². The maximum Gasteiger partial charge on any atom is 0.161 e. The molecule has 0 fully saturated rings. The van der Waals surface area contributed by atoms with E-state index in [1.807, 2.05) is 12.1 Å². The van der Waals surface area contributed by atoms with Crippen molar-refractivity contribution in [1.82, 2.24) is 0 Å². The molecular weight excluding hydrogens is 312 g/mol. The van der Waals surface area contributed by atoms with Crippen LogP contribution in [0.4, 0.5) is 0 Å². The van der Waals surface area contributed by atoms with Gasteiger partial charge in [-0.05, 0) is 12.1 Å². The van der Waals surface area contributed by atoms with Gasteiger partial charge in [-0.1, -0.05) is 0 Å². The van der Waals surface area contributed by atoms with Gasteiger partial charge in [0.1, 0.15) is 34.9 Å². The largest absolute Gasteiger partial charge is 0.497 e. The van der Waals surface area contributed by atoms with Gasteiger partial charge in [-0.3, -0.25) is 0 Å². The van der Waals surface area contributed by atoms with Crippen LogP contribution in [0.2, 0.25) is 0 Å². The predicted molar refractivity (Wildman–Crippen MR) is 85.3 cm³/mol. The van der Waals surface area contributed by atoms with E-state index in [4.69, 9.17) is 23.7 Å². The molecule has 0 saturated heterocycles. The first-order valence-electron chi connectivity index (χ1n) is 7.61. The average molecular weight is 330 g/mol. The quantitative estimate of drug-likeness (QED) is 0.933. The van der Waals surface area contributed by atoms with Gasteiger partial charge in [-0.15, -0.1) is 0 Å². The minimum Gasteiger partial charge on any atom is -0.497 e. The Labute approximate surface area is 139 Å². The van der Waals surface area contributed by atoms with Crippen LogP contribution in [0.5, 0.6) is 28.7 Å². The molecule has 0 unspecified atom stereocenters. The predicted octanol–water partition coefficient (Wildman–Crippen LogP) is 2.64. The highest BCUT2D eigenvalue weighted by atomic mass is 16.6. The van der Waals surface area contributed by atoms with Crippen molar-refractivity contribution in [2.75, 3.05) is 21.3 Å². The Kier molecular flexibility index (Phi) is 3.42. The summed E-state index contributed by atoms with van der Waals surface area (Å²) in [7, 11) is 4.74. The minimum atomic E-state index is -0.833. The summed E-state index contributed by atoms with van der Waals surface area (Å²) in [4.78, 5) is 0. The Morgan fingerprint density at radius 2 is 1.54 bits per heavy atom. The standard InChI is InChI=1S/C18H18O6/c1-20-9-4-5-11-12(6-9)23-18-15-13(22-3)7-10(21-2)8-14(15)24-17(11)16(18)19/h4-8,16-19H,1-3H3/t16-,17-,18+/m1/s1. The second kappa shape index (κ2) is 5.49. The molecule has 2 aliphatic rings. The molecule has 2 heterocycles. The number of methoxy groups -OCH3 is 3. The number of benzene rings is 2. The van der Waals surface area contributed by atoms with Crippen LogP contribution in [-0.4, -0.2) is 32.5 Å². The molecule has 0 amide bonds. The normalized spacial score (nSPS) is 23.2. The summed E-state index contributed by atoms with van der Waals surface area (Å²) in [5, 5.41) is 10.7. The zero-order chi connectivity index (χ0) is 16.8. The molecule has 3 atom stereocenters. The minimum absolute atomic E-state index is 0.519. The van der Waals surface area contributed by atoms with Gasteiger partial charge in [0.15, 0.2) is 12.2 Å². The molecule has 0 spiro atoms. The molecule has 24 heavy (non-hydrogen) atoms. The highest BCUT2D eigenvalue weighted by molar-refractivity contribution is 5.56. The first-order chi connectivity index (χ1) is 11.7. The van der Waals surface area contributed by atoms with Crippen LogP contribution in [-0.2, 0) is 0 Å². The zero-order valence-electron chi connectivity index (χ0n) is 13.6. The molecule has 2 aliphatic heterocycles. The van der Waals surface area contributed by atoms with Crippen LogP contribution in [0.1, 0.15) is 23.3 Å². The number of rotatable bonds is 3. The SMILES string of the molecule is COc1ccc2c(c1)O[C@H]1c3c(OC)cc(OC)cc3O[C@H]2[C@H]1O. The van der Waals surface area contributed by atoms with Crippen LogP contribution < -0.4 is 23.7 Å². The molecule has 6 nitrogen and oxygen atoms in total. The van der Waals surface area contributed by atoms with Crippen molar-refractivity contribution in [3.05, 3.63) is 41.5 Å². The number of ether oxygens (including phenoxy) is 5. The second-order valence-corrected chi connectivity index (χ2v) is 5.71. The monoisotopic (exact) mass is 330 g/mol. The summed E-state index contributed by atoms with van der Waals surface area (Å²) >= 11 is 0. The van der Waals surface area contributed by atoms with Crippen molar-refractivity contribution in [3.8, 4) is 28.7 Å². The number of aliphatic hydroxyl groups is 1. The fraction of sp³-hybridized carbons (Fsp3) is 0.333. The molecule has 1 N–H and O–H groups in total. The van der Waals surface area contributed by atoms with Crippen molar-refractivity contribution in [2.24, 2.45) is 0 Å². The summed E-state index contributed by atoms with van der Waals surface area (Å²) in [5.41, 5.74) is 1.46. The van der Waals surface area contributed by atoms with Crippen molar-refractivity contribution in [3.63, 3.8) is 0 Å². The van der Waals surface area contributed by atoms with E-state index in [1.165, 1.54) is 0 Å². The van der Waals surface area contributed by atoms with E-state index in [1.54, 1.807) is 39.5 Å². The van der Waals surface area contributed by atoms with Gasteiger partial charge in [0.25, 0.3) is 0 Å². The summed E-state index contributed by atoms with van der Waals surface area (Å²) in [6.45, 7) is 0. The molecule has 6 heteroatoms. The summed E-state index contributed by atoms with van der Waals surface area (Å²) in [6.07, 6.45) is -1.94. The Morgan fingerprint density at radius 3 is 2.25 bits per heavy atom. The molecule has 2 aromatic carbocycles. The Morgan fingerprint density at radius 1 is 0.833 bits per heavy atom. The van der Waals surface area contributed by atoms with Gasteiger partial charge in [0, 0.05) is 23.8 Å². The molecular formula is C18H18O6. The Hall–Kier alpha value is -2.60. The van der Waals surface area contributed by atoms with Crippen molar-refractivity contribution in [2.45, 2.75) is 18.3 Å². The number of hydrogen-bond acceptors (Lipinski definition) is 6. The fourth-order valence-electron chi connectivity index (χ4n) is 3.27. The van der Waals surface area contributed by atoms with Crippen LogP contribution in [0.3, 0.4) is 0 Å². The highest BCUT2D eigenvalue weighted by Gasteiger charge is 2.46. The summed E-state index contributed by atoms with van der Waals surface area (Å²) in [5.74, 6) is 3.09. The summed E-state index contributed by atoms with van der Waals surface area (Å²) < 4.78 is 28.1. The molecule has 0 saturated carbocycles. The third-order valence-corrected chi connectivity index (χ3v) is 4.47. The number of fused-ring (bicyclic) bond motifs is 6. The Bertz CT molecular complexity index is 787. The van der Waals surface area contributed by atoms with Crippen LogP contribution >= 0.6 is 0 Å². The smallest absolute Gasteiger partial charge is 0.161 e. The first kappa shape index (κ1) is 15.0. The lowest BCUT2D eigenvalue weighted by Gasteiger charge is -2.42. The fourth-order valence-corrected chi connectivity index (χ4v) is 3.27. The average Bonchev–Trinajstić information content (AvgIpc) is 2.61. The molecule has 2 aromatic rings. The van der Waals surface area contributed by atoms with Gasteiger partial charge in [0.05, 0.1) is 26.9 Å². The molecule has 126 valence electrons. The topological polar surface area (TPSA) is 66.4 Å². The third kappa shape index (κ3) is 2.06. The van der Waals surface area contributed by atoms with E-state index in [0.717, 1.165) is 5.56 Å². The summed E-state index contributed by atoms with van der Waals surface area (Å²) in [6, 6.07) is 8.99. The van der Waals surface area contributed by atoms with Gasteiger partial charge >= 0.3 is 0 Å². The molecule has 0 aromatic heterocycles. The molecule has 2 bridgehead atoms. The maximum absolute atomic E-state index is 10.7. The van der Waals surface area contributed by atoms with Gasteiger partial charge in [-0.2, -0.15) is 0 Å². The van der Waals surface area contributed by atoms with Crippen LogP contribution in [0.25, 0.3) is 0 Å². The third-order valence-electron chi connectivity index (χ3n) is 4.47.